The van der Waals surface area contributed by atoms with E-state index < -0.39 is 0 Å². The van der Waals surface area contributed by atoms with Gasteiger partial charge in [0.25, 0.3) is 0 Å². The first-order valence-corrected chi connectivity index (χ1v) is 9.11. The van der Waals surface area contributed by atoms with Crippen molar-refractivity contribution in [2.45, 2.75) is 32.1 Å². The molecule has 0 saturated heterocycles. The molecule has 0 saturated carbocycles. The molecule has 26 heavy (non-hydrogen) atoms. The summed E-state index contributed by atoms with van der Waals surface area (Å²) in [7, 11) is 0. The van der Waals surface area contributed by atoms with Crippen LogP contribution in [-0.2, 0) is 4.79 Å². The zero-order valence-corrected chi connectivity index (χ0v) is 14.8. The maximum absolute atomic E-state index is 10.9. The van der Waals surface area contributed by atoms with E-state index in [2.05, 4.69) is 58.8 Å². The number of anilines is 1. The molecule has 5 heteroatoms. The predicted molar refractivity (Wildman–Crippen MR) is 105 cm³/mol. The quantitative estimate of drug-likeness (QED) is 0.256. The van der Waals surface area contributed by atoms with Crippen molar-refractivity contribution >= 4 is 22.5 Å². The van der Waals surface area contributed by atoms with Gasteiger partial charge in [-0.2, -0.15) is 0 Å². The lowest BCUT2D eigenvalue weighted by atomic mass is 10.0. The van der Waals surface area contributed by atoms with Gasteiger partial charge in [0, 0.05) is 30.4 Å². The van der Waals surface area contributed by atoms with Crippen molar-refractivity contribution in [1.29, 1.82) is 0 Å². The van der Waals surface area contributed by atoms with Gasteiger partial charge in [-0.1, -0.05) is 43.2 Å². The van der Waals surface area contributed by atoms with Crippen LogP contribution >= 0.6 is 0 Å². The Bertz CT molecular complexity index is 840. The summed E-state index contributed by atoms with van der Waals surface area (Å²) in [5.41, 5.74) is 6.36. The standard InChI is InChI=1S/C21H25N3O2/c25-20(24-26)8-3-1-2-4-14-22-18-11-9-16(10-12-18)19-7-5-6-17-13-15-23-21(17)19/h5-7,9-13,15,22-23,26H,1-4,8,14H2,(H,24,25). The first kappa shape index (κ1) is 18.0. The van der Waals surface area contributed by atoms with Crippen LogP contribution in [0, 0.1) is 0 Å². The minimum absolute atomic E-state index is 0.307. The number of nitrogens with one attached hydrogen (secondary N) is 3. The molecule has 0 aliphatic rings. The molecule has 2 aromatic carbocycles. The monoisotopic (exact) mass is 351 g/mol. The number of para-hydroxylation sites is 1. The molecule has 3 aromatic rings. The van der Waals surface area contributed by atoms with Gasteiger partial charge in [-0.3, -0.25) is 10.0 Å². The second-order valence-corrected chi connectivity index (χ2v) is 6.45. The largest absolute Gasteiger partial charge is 0.385 e. The van der Waals surface area contributed by atoms with Crippen molar-refractivity contribution in [3.8, 4) is 11.1 Å². The molecule has 0 unspecified atom stereocenters. The van der Waals surface area contributed by atoms with Gasteiger partial charge in [-0.05, 0) is 42.0 Å². The van der Waals surface area contributed by atoms with Crippen molar-refractivity contribution in [3.63, 3.8) is 0 Å². The van der Waals surface area contributed by atoms with E-state index in [1.54, 1.807) is 5.48 Å². The minimum atomic E-state index is -0.307. The van der Waals surface area contributed by atoms with Gasteiger partial charge in [0.2, 0.25) is 5.91 Å². The van der Waals surface area contributed by atoms with Gasteiger partial charge in [-0.15, -0.1) is 0 Å². The third-order valence-electron chi connectivity index (χ3n) is 4.57. The van der Waals surface area contributed by atoms with Crippen LogP contribution in [0.15, 0.2) is 54.7 Å². The van der Waals surface area contributed by atoms with Crippen molar-refractivity contribution in [2.24, 2.45) is 0 Å². The molecule has 0 radical (unpaired) electrons. The summed E-state index contributed by atoms with van der Waals surface area (Å²) >= 11 is 0. The Morgan fingerprint density at radius 3 is 2.58 bits per heavy atom. The summed E-state index contributed by atoms with van der Waals surface area (Å²) in [5.74, 6) is -0.307. The number of aromatic amines is 1. The van der Waals surface area contributed by atoms with E-state index in [0.29, 0.717) is 6.42 Å². The van der Waals surface area contributed by atoms with Crippen LogP contribution in [0.5, 0.6) is 0 Å². The van der Waals surface area contributed by atoms with E-state index in [1.807, 2.05) is 6.20 Å². The third-order valence-corrected chi connectivity index (χ3v) is 4.57. The number of fused-ring (bicyclic) bond motifs is 1. The highest BCUT2D eigenvalue weighted by Crippen LogP contribution is 2.28. The highest BCUT2D eigenvalue weighted by molar-refractivity contribution is 5.94. The Balaban J connectivity index is 1.45. The number of aromatic nitrogens is 1. The maximum Gasteiger partial charge on any atom is 0.243 e. The molecule has 136 valence electrons. The smallest absolute Gasteiger partial charge is 0.243 e. The Labute approximate surface area is 153 Å². The van der Waals surface area contributed by atoms with E-state index in [4.69, 9.17) is 5.21 Å². The fourth-order valence-corrected chi connectivity index (χ4v) is 3.15. The van der Waals surface area contributed by atoms with Crippen molar-refractivity contribution in [3.05, 3.63) is 54.7 Å². The molecule has 0 atom stereocenters. The molecule has 0 aliphatic heterocycles. The number of hydrogen-bond donors (Lipinski definition) is 4. The molecular weight excluding hydrogens is 326 g/mol. The van der Waals surface area contributed by atoms with E-state index in [0.717, 1.165) is 37.9 Å². The fourth-order valence-electron chi connectivity index (χ4n) is 3.15. The van der Waals surface area contributed by atoms with Crippen LogP contribution in [0.2, 0.25) is 0 Å². The molecule has 1 heterocycles. The van der Waals surface area contributed by atoms with Crippen LogP contribution in [0.25, 0.3) is 22.0 Å². The second-order valence-electron chi connectivity index (χ2n) is 6.45. The highest BCUT2D eigenvalue weighted by Gasteiger charge is 2.04. The number of amides is 1. The predicted octanol–water partition coefficient (Wildman–Crippen LogP) is 4.70. The summed E-state index contributed by atoms with van der Waals surface area (Å²) in [5, 5.41) is 13.1. The number of benzene rings is 2. The molecule has 1 aromatic heterocycles. The molecule has 0 fully saturated rings. The topological polar surface area (TPSA) is 77.2 Å². The van der Waals surface area contributed by atoms with E-state index in [1.165, 1.54) is 22.0 Å². The molecule has 0 aliphatic carbocycles. The number of hydrogen-bond acceptors (Lipinski definition) is 3. The highest BCUT2D eigenvalue weighted by atomic mass is 16.5. The Kier molecular flexibility index (Phi) is 6.28. The summed E-state index contributed by atoms with van der Waals surface area (Å²) in [6, 6.07) is 16.9. The lowest BCUT2D eigenvalue weighted by Crippen LogP contribution is -2.17. The van der Waals surface area contributed by atoms with E-state index >= 15 is 0 Å². The molecular formula is C21H25N3O2. The third kappa shape index (κ3) is 4.64. The Hall–Kier alpha value is -2.79. The number of H-pyrrole nitrogens is 1. The van der Waals surface area contributed by atoms with Crippen LogP contribution in [0.1, 0.15) is 32.1 Å². The fraction of sp³-hybridized carbons (Fsp3) is 0.286. The number of hydroxylamine groups is 1. The van der Waals surface area contributed by atoms with Crippen LogP contribution in [0.4, 0.5) is 5.69 Å². The van der Waals surface area contributed by atoms with Crippen molar-refractivity contribution in [1.82, 2.24) is 10.5 Å². The summed E-state index contributed by atoms with van der Waals surface area (Å²) in [6.45, 7) is 0.914. The Morgan fingerprint density at radius 2 is 1.77 bits per heavy atom. The van der Waals surface area contributed by atoms with Gasteiger partial charge in [0.1, 0.15) is 0 Å². The van der Waals surface area contributed by atoms with Gasteiger partial charge >= 0.3 is 0 Å². The molecule has 4 N–H and O–H groups in total. The molecule has 1 amide bonds. The van der Waals surface area contributed by atoms with Gasteiger partial charge in [0.15, 0.2) is 0 Å². The zero-order valence-electron chi connectivity index (χ0n) is 14.8. The van der Waals surface area contributed by atoms with E-state index in [-0.39, 0.29) is 5.91 Å². The van der Waals surface area contributed by atoms with Gasteiger partial charge in [-0.25, -0.2) is 5.48 Å². The molecule has 3 rings (SSSR count). The average Bonchev–Trinajstić information content (AvgIpc) is 3.16. The summed E-state index contributed by atoms with van der Waals surface area (Å²) in [4.78, 5) is 14.2. The molecule has 0 bridgehead atoms. The van der Waals surface area contributed by atoms with Gasteiger partial charge in [0.05, 0.1) is 5.52 Å². The average molecular weight is 351 g/mol. The first-order valence-electron chi connectivity index (χ1n) is 9.11. The van der Waals surface area contributed by atoms with Crippen LogP contribution < -0.4 is 10.8 Å². The summed E-state index contributed by atoms with van der Waals surface area (Å²) < 4.78 is 0. The number of carbonyl (C=O) groups is 1. The Morgan fingerprint density at radius 1 is 0.962 bits per heavy atom. The van der Waals surface area contributed by atoms with Crippen molar-refractivity contribution in [2.75, 3.05) is 11.9 Å². The number of carbonyl (C=O) groups excluding carboxylic acids is 1. The van der Waals surface area contributed by atoms with Gasteiger partial charge < -0.3 is 10.3 Å². The second kappa shape index (κ2) is 9.06. The van der Waals surface area contributed by atoms with Crippen LogP contribution in [-0.4, -0.2) is 22.6 Å². The normalized spacial score (nSPS) is 10.8. The van der Waals surface area contributed by atoms with Crippen molar-refractivity contribution < 1.29 is 10.0 Å². The zero-order chi connectivity index (χ0) is 18.2. The molecule has 0 spiro atoms. The lowest BCUT2D eigenvalue weighted by molar-refractivity contribution is -0.129. The maximum atomic E-state index is 10.9. The van der Waals surface area contributed by atoms with Crippen LogP contribution in [0.3, 0.4) is 0 Å². The number of rotatable bonds is 9. The summed E-state index contributed by atoms with van der Waals surface area (Å²) in [6.07, 6.45) is 6.29. The molecule has 5 nitrogen and oxygen atoms in total. The SMILES string of the molecule is O=C(CCCCCCNc1ccc(-c2cccc3cc[nH]c23)cc1)NO. The number of unbranched alkanes of at least 4 members (excludes halogenated alkanes) is 3. The van der Waals surface area contributed by atoms with E-state index in [9.17, 15) is 4.79 Å². The first-order chi connectivity index (χ1) is 12.8. The minimum Gasteiger partial charge on any atom is -0.385 e. The lowest BCUT2D eigenvalue weighted by Gasteiger charge is -2.08.